The summed E-state index contributed by atoms with van der Waals surface area (Å²) in [6.07, 6.45) is -0.247. The van der Waals surface area contributed by atoms with Gasteiger partial charge in [-0.1, -0.05) is 18.2 Å². The Morgan fingerprint density at radius 3 is 2.52 bits per heavy atom. The van der Waals surface area contributed by atoms with Crippen LogP contribution in [0.1, 0.15) is 42.9 Å². The second-order valence-electron chi connectivity index (χ2n) is 7.21. The molecule has 7 heteroatoms. The minimum Gasteiger partial charge on any atom is -0.352 e. The van der Waals surface area contributed by atoms with Crippen LogP contribution < -0.4 is 5.32 Å². The highest BCUT2D eigenvalue weighted by Crippen LogP contribution is 2.40. The van der Waals surface area contributed by atoms with E-state index in [1.807, 2.05) is 0 Å². The zero-order chi connectivity index (χ0) is 19.6. The van der Waals surface area contributed by atoms with Crippen LogP contribution in [0.25, 0.3) is 0 Å². The van der Waals surface area contributed by atoms with Crippen LogP contribution in [0.5, 0.6) is 0 Å². The third-order valence-electron chi connectivity index (χ3n) is 5.18. The summed E-state index contributed by atoms with van der Waals surface area (Å²) in [5.41, 5.74) is -0.242. The Morgan fingerprint density at radius 2 is 1.89 bits per heavy atom. The monoisotopic (exact) mass is 380 g/mol. The summed E-state index contributed by atoms with van der Waals surface area (Å²) in [4.78, 5) is 26.7. The molecule has 1 aromatic rings. The highest BCUT2D eigenvalue weighted by Gasteiger charge is 2.41. The van der Waals surface area contributed by atoms with Gasteiger partial charge in [0.1, 0.15) is 0 Å². The summed E-state index contributed by atoms with van der Waals surface area (Å²) < 4.78 is 39.2. The van der Waals surface area contributed by atoms with E-state index >= 15 is 0 Å². The van der Waals surface area contributed by atoms with Gasteiger partial charge in [-0.2, -0.15) is 13.2 Å². The van der Waals surface area contributed by atoms with Crippen LogP contribution in [-0.4, -0.2) is 29.8 Å². The normalized spacial score (nSPS) is 23.0. The van der Waals surface area contributed by atoms with Crippen LogP contribution in [0.2, 0.25) is 0 Å². The van der Waals surface area contributed by atoms with Gasteiger partial charge in [0.2, 0.25) is 11.8 Å². The van der Waals surface area contributed by atoms with Crippen molar-refractivity contribution in [1.82, 2.24) is 10.2 Å². The molecule has 1 aliphatic carbocycles. The van der Waals surface area contributed by atoms with Crippen molar-refractivity contribution in [3.8, 4) is 0 Å². The number of piperidine rings is 1. The fourth-order valence-electron chi connectivity index (χ4n) is 3.58. The van der Waals surface area contributed by atoms with Crippen LogP contribution in [0.3, 0.4) is 0 Å². The third kappa shape index (κ3) is 4.51. The molecule has 1 saturated carbocycles. The van der Waals surface area contributed by atoms with Crippen molar-refractivity contribution < 1.29 is 22.8 Å². The topological polar surface area (TPSA) is 49.4 Å². The number of benzene rings is 1. The van der Waals surface area contributed by atoms with Gasteiger partial charge in [-0.05, 0) is 43.4 Å². The zero-order valence-corrected chi connectivity index (χ0v) is 15.0. The molecule has 0 unspecified atom stereocenters. The van der Waals surface area contributed by atoms with E-state index < -0.39 is 17.8 Å². The molecular weight excluding hydrogens is 357 g/mol. The molecule has 27 heavy (non-hydrogen) atoms. The van der Waals surface area contributed by atoms with Crippen molar-refractivity contribution in [3.63, 3.8) is 0 Å². The summed E-state index contributed by atoms with van der Waals surface area (Å²) in [6, 6.07) is 4.73. The Balaban J connectivity index is 1.83. The molecule has 0 spiro atoms. The lowest BCUT2D eigenvalue weighted by atomic mass is 9.87. The van der Waals surface area contributed by atoms with Crippen LogP contribution in [0, 0.1) is 11.8 Å². The van der Waals surface area contributed by atoms with Gasteiger partial charge in [0.05, 0.1) is 17.5 Å². The number of nitrogens with zero attached hydrogens (tertiary/aromatic N) is 1. The number of halogens is 3. The Kier molecular flexibility index (Phi) is 5.58. The minimum absolute atomic E-state index is 0.0568. The number of hydrogen-bond acceptors (Lipinski definition) is 2. The van der Waals surface area contributed by atoms with Crippen molar-refractivity contribution in [2.45, 2.75) is 37.9 Å². The lowest BCUT2D eigenvalue weighted by Gasteiger charge is -2.40. The van der Waals surface area contributed by atoms with Gasteiger partial charge in [-0.25, -0.2) is 0 Å². The first-order valence-corrected chi connectivity index (χ1v) is 9.17. The van der Waals surface area contributed by atoms with E-state index in [1.165, 1.54) is 6.07 Å². The first kappa shape index (κ1) is 19.5. The predicted molar refractivity (Wildman–Crippen MR) is 94.6 cm³/mol. The fourth-order valence-corrected chi connectivity index (χ4v) is 3.58. The highest BCUT2D eigenvalue weighted by atomic mass is 19.4. The number of hydrogen-bond donors (Lipinski definition) is 1. The molecule has 146 valence electrons. The van der Waals surface area contributed by atoms with Gasteiger partial charge in [-0.3, -0.25) is 9.59 Å². The van der Waals surface area contributed by atoms with Gasteiger partial charge in [0.25, 0.3) is 0 Å². The Hall–Kier alpha value is -2.31. The number of carbonyl (C=O) groups excluding carboxylic acids is 2. The maximum atomic E-state index is 13.1. The quantitative estimate of drug-likeness (QED) is 0.792. The molecule has 3 rings (SSSR count). The van der Waals surface area contributed by atoms with Gasteiger partial charge in [-0.15, -0.1) is 6.58 Å². The number of likely N-dealkylation sites (tertiary alicyclic amines) is 1. The van der Waals surface area contributed by atoms with E-state index in [0.717, 1.165) is 25.0 Å². The van der Waals surface area contributed by atoms with E-state index in [4.69, 9.17) is 0 Å². The van der Waals surface area contributed by atoms with Crippen LogP contribution in [0.15, 0.2) is 36.9 Å². The molecular formula is C20H23F3N2O2. The Labute approximate surface area is 156 Å². The summed E-state index contributed by atoms with van der Waals surface area (Å²) in [5, 5.41) is 2.75. The minimum atomic E-state index is -4.43. The number of alkyl halides is 3. The second-order valence-corrected chi connectivity index (χ2v) is 7.21. The molecule has 1 N–H and O–H groups in total. The predicted octanol–water partition coefficient (Wildman–Crippen LogP) is 3.70. The third-order valence-corrected chi connectivity index (χ3v) is 5.18. The molecule has 0 bridgehead atoms. The molecule has 0 radical (unpaired) electrons. The summed E-state index contributed by atoms with van der Waals surface area (Å²) in [5.74, 6) is -0.618. The molecule has 2 amide bonds. The molecule has 1 aromatic carbocycles. The first-order valence-electron chi connectivity index (χ1n) is 9.17. The Morgan fingerprint density at radius 1 is 1.19 bits per heavy atom. The molecule has 2 atom stereocenters. The average Bonchev–Trinajstić information content (AvgIpc) is 3.49. The number of nitrogens with one attached hydrogen (secondary N) is 1. The molecule has 1 saturated heterocycles. The van der Waals surface area contributed by atoms with E-state index in [9.17, 15) is 22.8 Å². The van der Waals surface area contributed by atoms with Crippen molar-refractivity contribution in [2.75, 3.05) is 13.1 Å². The molecule has 2 fully saturated rings. The standard InChI is InChI=1S/C20H23F3N2O2/c1-2-10-24-18(26)15-8-9-17(25(12-15)19(27)13-6-7-13)14-4-3-5-16(11-14)20(21,22)23/h2-5,11,13,15,17H,1,6-10,12H2,(H,24,26)/t15-,17-/m0/s1. The van der Waals surface area contributed by atoms with Crippen molar-refractivity contribution in [3.05, 3.63) is 48.0 Å². The molecule has 0 aromatic heterocycles. The SMILES string of the molecule is C=CCNC(=O)[C@H]1CC[C@@H](c2cccc(C(F)(F)F)c2)N(C(=O)C2CC2)C1. The molecule has 1 aliphatic heterocycles. The molecule has 1 heterocycles. The van der Waals surface area contributed by atoms with Crippen LogP contribution in [0.4, 0.5) is 13.2 Å². The highest BCUT2D eigenvalue weighted by molar-refractivity contribution is 5.84. The van der Waals surface area contributed by atoms with Crippen molar-refractivity contribution in [2.24, 2.45) is 11.8 Å². The lowest BCUT2D eigenvalue weighted by Crippen LogP contribution is -2.47. The van der Waals surface area contributed by atoms with E-state index in [1.54, 1.807) is 17.0 Å². The van der Waals surface area contributed by atoms with Gasteiger partial charge in [0.15, 0.2) is 0 Å². The number of amides is 2. The van der Waals surface area contributed by atoms with Crippen LogP contribution in [-0.2, 0) is 15.8 Å². The molecule has 2 aliphatic rings. The van der Waals surface area contributed by atoms with Gasteiger partial charge >= 0.3 is 6.18 Å². The van der Waals surface area contributed by atoms with Gasteiger partial charge in [0, 0.05) is 19.0 Å². The van der Waals surface area contributed by atoms with E-state index in [2.05, 4.69) is 11.9 Å². The Bertz CT molecular complexity index is 728. The maximum Gasteiger partial charge on any atom is 0.416 e. The molecule has 4 nitrogen and oxygen atoms in total. The smallest absolute Gasteiger partial charge is 0.352 e. The average molecular weight is 380 g/mol. The van der Waals surface area contributed by atoms with E-state index in [-0.39, 0.29) is 30.2 Å². The van der Waals surface area contributed by atoms with Crippen molar-refractivity contribution >= 4 is 11.8 Å². The number of carbonyl (C=O) groups is 2. The fraction of sp³-hybridized carbons (Fsp3) is 0.500. The largest absolute Gasteiger partial charge is 0.416 e. The van der Waals surface area contributed by atoms with E-state index in [0.29, 0.717) is 24.9 Å². The van der Waals surface area contributed by atoms with Gasteiger partial charge < -0.3 is 10.2 Å². The van der Waals surface area contributed by atoms with Crippen LogP contribution >= 0.6 is 0 Å². The zero-order valence-electron chi connectivity index (χ0n) is 15.0. The summed E-state index contributed by atoms with van der Waals surface area (Å²) in [6.45, 7) is 4.15. The second kappa shape index (κ2) is 7.74. The summed E-state index contributed by atoms with van der Waals surface area (Å²) in [7, 11) is 0. The van der Waals surface area contributed by atoms with Crippen molar-refractivity contribution in [1.29, 1.82) is 0 Å². The first-order chi connectivity index (χ1) is 12.8. The lowest BCUT2D eigenvalue weighted by molar-refractivity contribution is -0.140. The summed E-state index contributed by atoms with van der Waals surface area (Å²) >= 11 is 0. The number of rotatable bonds is 5. The maximum absolute atomic E-state index is 13.1.